The molecule has 3 heterocycles. The van der Waals surface area contributed by atoms with E-state index in [-0.39, 0.29) is 30.5 Å². The maximum atomic E-state index is 13.5. The lowest BCUT2D eigenvalue weighted by molar-refractivity contribution is -0.170. The van der Waals surface area contributed by atoms with Crippen molar-refractivity contribution in [2.45, 2.75) is 31.0 Å². The molecule has 28 heavy (non-hydrogen) atoms. The van der Waals surface area contributed by atoms with Gasteiger partial charge >= 0.3 is 0 Å². The maximum Gasteiger partial charge on any atom is 0.254 e. The Hall–Kier alpha value is -2.12. The van der Waals surface area contributed by atoms with E-state index >= 15 is 0 Å². The van der Waals surface area contributed by atoms with Gasteiger partial charge in [-0.05, 0) is 42.4 Å². The molecule has 1 aliphatic carbocycles. The van der Waals surface area contributed by atoms with Gasteiger partial charge < -0.3 is 24.6 Å². The van der Waals surface area contributed by atoms with Gasteiger partial charge in [-0.1, -0.05) is 12.1 Å². The molecule has 4 aliphatic rings. The summed E-state index contributed by atoms with van der Waals surface area (Å²) in [5, 5.41) is 3.41. The van der Waals surface area contributed by atoms with E-state index in [0.29, 0.717) is 11.8 Å². The van der Waals surface area contributed by atoms with Crippen LogP contribution in [-0.2, 0) is 14.3 Å². The Labute approximate surface area is 165 Å². The molecule has 0 spiro atoms. The van der Waals surface area contributed by atoms with E-state index in [0.717, 1.165) is 50.3 Å². The zero-order valence-electron chi connectivity index (χ0n) is 16.2. The molecule has 0 aromatic heterocycles. The van der Waals surface area contributed by atoms with Crippen LogP contribution in [0.3, 0.4) is 0 Å². The molecule has 3 aliphatic heterocycles. The summed E-state index contributed by atoms with van der Waals surface area (Å²) in [7, 11) is 1.63. The minimum absolute atomic E-state index is 0.0121. The third kappa shape index (κ3) is 3.06. The number of methoxy groups -OCH3 is 1. The number of hydrogen-bond acceptors (Lipinski definition) is 5. The summed E-state index contributed by atoms with van der Waals surface area (Å²) in [4.78, 5) is 30.0. The van der Waals surface area contributed by atoms with Crippen LogP contribution in [0.1, 0.15) is 24.4 Å². The number of likely N-dealkylation sites (tertiary alicyclic amines) is 1. The fourth-order valence-corrected chi connectivity index (χ4v) is 4.97. The maximum absolute atomic E-state index is 13.5. The number of amides is 2. The predicted molar refractivity (Wildman–Crippen MR) is 102 cm³/mol. The molecule has 7 heteroatoms. The summed E-state index contributed by atoms with van der Waals surface area (Å²) in [6.07, 6.45) is 1.36. The van der Waals surface area contributed by atoms with E-state index in [9.17, 15) is 9.59 Å². The lowest BCUT2D eigenvalue weighted by Gasteiger charge is -2.42. The highest BCUT2D eigenvalue weighted by Gasteiger charge is 2.50. The second kappa shape index (κ2) is 7.04. The summed E-state index contributed by atoms with van der Waals surface area (Å²) in [5.74, 6) is 1.83. The Balaban J connectivity index is 1.44. The van der Waals surface area contributed by atoms with Gasteiger partial charge in [-0.25, -0.2) is 0 Å². The molecule has 1 saturated carbocycles. The van der Waals surface area contributed by atoms with E-state index in [1.807, 2.05) is 34.1 Å². The third-order valence-corrected chi connectivity index (χ3v) is 6.60. The number of nitrogens with one attached hydrogen (secondary N) is 1. The Bertz CT molecular complexity index is 751. The number of carbonyl (C=O) groups excluding carboxylic acids is 2. The Kier molecular flexibility index (Phi) is 4.51. The van der Waals surface area contributed by atoms with E-state index < -0.39 is 6.10 Å². The SMILES string of the molecule is COc1ccc([C@@H]2[C@@H](C(=O)N3C[C@H]4CNC[C@H]4C3)OCC(=O)N2C2CC2)cc1. The average molecular weight is 385 g/mol. The van der Waals surface area contributed by atoms with Crippen molar-refractivity contribution in [1.82, 2.24) is 15.1 Å². The number of benzene rings is 1. The minimum Gasteiger partial charge on any atom is -0.497 e. The van der Waals surface area contributed by atoms with Crippen LogP contribution in [0.2, 0.25) is 0 Å². The van der Waals surface area contributed by atoms with Gasteiger partial charge in [-0.15, -0.1) is 0 Å². The van der Waals surface area contributed by atoms with Gasteiger partial charge in [-0.3, -0.25) is 9.59 Å². The topological polar surface area (TPSA) is 71.1 Å². The minimum atomic E-state index is -0.640. The Morgan fingerprint density at radius 3 is 2.43 bits per heavy atom. The van der Waals surface area contributed by atoms with Gasteiger partial charge in [0.25, 0.3) is 5.91 Å². The number of morpholine rings is 1. The molecule has 3 saturated heterocycles. The first-order valence-electron chi connectivity index (χ1n) is 10.2. The fourth-order valence-electron chi connectivity index (χ4n) is 4.97. The zero-order valence-corrected chi connectivity index (χ0v) is 16.2. The molecule has 0 radical (unpaired) electrons. The van der Waals surface area contributed by atoms with Crippen molar-refractivity contribution in [3.05, 3.63) is 29.8 Å². The van der Waals surface area contributed by atoms with E-state index in [1.54, 1.807) is 7.11 Å². The molecule has 7 nitrogen and oxygen atoms in total. The number of fused-ring (bicyclic) bond motifs is 1. The van der Waals surface area contributed by atoms with Crippen LogP contribution in [0, 0.1) is 11.8 Å². The summed E-state index contributed by atoms with van der Waals surface area (Å²) in [6, 6.07) is 7.51. The second-order valence-corrected chi connectivity index (χ2v) is 8.40. The number of ether oxygens (including phenoxy) is 2. The highest BCUT2D eigenvalue weighted by atomic mass is 16.5. The van der Waals surface area contributed by atoms with Gasteiger partial charge in [0.2, 0.25) is 5.91 Å². The third-order valence-electron chi connectivity index (χ3n) is 6.60. The fraction of sp³-hybridized carbons (Fsp3) is 0.619. The molecule has 5 rings (SSSR count). The van der Waals surface area contributed by atoms with Crippen molar-refractivity contribution < 1.29 is 19.1 Å². The van der Waals surface area contributed by atoms with Crippen LogP contribution in [0.15, 0.2) is 24.3 Å². The Morgan fingerprint density at radius 2 is 1.82 bits per heavy atom. The number of rotatable bonds is 4. The van der Waals surface area contributed by atoms with Crippen molar-refractivity contribution in [2.24, 2.45) is 11.8 Å². The largest absolute Gasteiger partial charge is 0.497 e. The normalized spacial score (nSPS) is 32.5. The average Bonchev–Trinajstić information content (AvgIpc) is 3.32. The molecule has 1 aromatic carbocycles. The zero-order chi connectivity index (χ0) is 19.3. The van der Waals surface area contributed by atoms with Crippen molar-refractivity contribution in [3.8, 4) is 5.75 Å². The summed E-state index contributed by atoms with van der Waals surface area (Å²) in [6.45, 7) is 3.51. The summed E-state index contributed by atoms with van der Waals surface area (Å²) in [5.41, 5.74) is 0.931. The first kappa shape index (κ1) is 17.9. The standard InChI is InChI=1S/C21H27N3O4/c1-27-17-6-2-13(3-7-17)19-20(28-12-18(25)24(19)16-4-5-16)21(26)23-10-14-8-22-9-15(14)11-23/h2-3,6-7,14-16,19-20,22H,4-5,8-12H2,1H3/t14-,15+,19-,20+/m1/s1. The van der Waals surface area contributed by atoms with Crippen LogP contribution in [0.25, 0.3) is 0 Å². The lowest BCUT2D eigenvalue weighted by Crippen LogP contribution is -2.55. The molecular weight excluding hydrogens is 358 g/mol. The molecule has 0 unspecified atom stereocenters. The first-order valence-corrected chi connectivity index (χ1v) is 10.2. The monoisotopic (exact) mass is 385 g/mol. The number of nitrogens with zero attached hydrogens (tertiary/aromatic N) is 2. The first-order chi connectivity index (χ1) is 13.7. The van der Waals surface area contributed by atoms with Crippen molar-refractivity contribution in [3.63, 3.8) is 0 Å². The van der Waals surface area contributed by atoms with Gasteiger partial charge in [0.15, 0.2) is 6.10 Å². The highest BCUT2D eigenvalue weighted by molar-refractivity contribution is 5.87. The molecule has 1 N–H and O–H groups in total. The predicted octanol–water partition coefficient (Wildman–Crippen LogP) is 0.804. The molecule has 150 valence electrons. The second-order valence-electron chi connectivity index (χ2n) is 8.40. The van der Waals surface area contributed by atoms with E-state index in [2.05, 4.69) is 5.32 Å². The van der Waals surface area contributed by atoms with Crippen molar-refractivity contribution in [2.75, 3.05) is 39.9 Å². The number of hydrogen-bond donors (Lipinski definition) is 1. The van der Waals surface area contributed by atoms with Crippen LogP contribution < -0.4 is 10.1 Å². The van der Waals surface area contributed by atoms with E-state index in [4.69, 9.17) is 9.47 Å². The van der Waals surface area contributed by atoms with Gasteiger partial charge in [0.05, 0.1) is 13.2 Å². The molecule has 4 atom stereocenters. The molecule has 1 aromatic rings. The summed E-state index contributed by atoms with van der Waals surface area (Å²) < 4.78 is 11.2. The molecule has 0 bridgehead atoms. The summed E-state index contributed by atoms with van der Waals surface area (Å²) >= 11 is 0. The molecule has 2 amide bonds. The van der Waals surface area contributed by atoms with Crippen LogP contribution in [0.5, 0.6) is 5.75 Å². The molecular formula is C21H27N3O4. The van der Waals surface area contributed by atoms with Crippen molar-refractivity contribution in [1.29, 1.82) is 0 Å². The Morgan fingerprint density at radius 1 is 1.14 bits per heavy atom. The van der Waals surface area contributed by atoms with Crippen LogP contribution >= 0.6 is 0 Å². The smallest absolute Gasteiger partial charge is 0.254 e. The van der Waals surface area contributed by atoms with Crippen molar-refractivity contribution >= 4 is 11.8 Å². The number of carbonyl (C=O) groups is 2. The van der Waals surface area contributed by atoms with Crippen LogP contribution in [-0.4, -0.2) is 73.7 Å². The van der Waals surface area contributed by atoms with Crippen LogP contribution in [0.4, 0.5) is 0 Å². The quantitative estimate of drug-likeness (QED) is 0.830. The van der Waals surface area contributed by atoms with Gasteiger partial charge in [0.1, 0.15) is 12.4 Å². The highest BCUT2D eigenvalue weighted by Crippen LogP contribution is 2.41. The van der Waals surface area contributed by atoms with Gasteiger partial charge in [0, 0.05) is 32.2 Å². The van der Waals surface area contributed by atoms with E-state index in [1.165, 1.54) is 0 Å². The lowest BCUT2D eigenvalue weighted by atomic mass is 9.96. The molecule has 4 fully saturated rings. The van der Waals surface area contributed by atoms with Gasteiger partial charge in [-0.2, -0.15) is 0 Å².